The number of carbonyl (C=O) groups is 3. The molecule has 9 heteroatoms. The molecule has 1 N–H and O–H groups in total. The number of amides is 2. The van der Waals surface area contributed by atoms with Crippen LogP contribution in [0, 0.1) is 17.3 Å². The minimum atomic E-state index is -3.29. The van der Waals surface area contributed by atoms with Gasteiger partial charge in [-0.3, -0.25) is 14.4 Å². The van der Waals surface area contributed by atoms with E-state index in [2.05, 4.69) is 5.32 Å². The van der Waals surface area contributed by atoms with Crippen LogP contribution in [-0.2, 0) is 19.6 Å². The largest absolute Gasteiger partial charge is 0.340 e. The van der Waals surface area contributed by atoms with Crippen molar-refractivity contribution in [2.75, 3.05) is 37.2 Å². The van der Waals surface area contributed by atoms with Crippen LogP contribution in [0.1, 0.15) is 24.2 Å². The first-order valence-corrected chi connectivity index (χ1v) is 11.0. The highest BCUT2D eigenvalue weighted by Crippen LogP contribution is 2.62. The molecule has 150 valence electrons. The molecule has 4 rings (SSSR count). The summed E-state index contributed by atoms with van der Waals surface area (Å²) in [6, 6.07) is 6.83. The number of nitrogens with zero attached hydrogens (tertiary/aromatic N) is 2. The molecule has 1 saturated carbocycles. The van der Waals surface area contributed by atoms with Gasteiger partial charge < -0.3 is 10.2 Å². The first-order valence-electron chi connectivity index (χ1n) is 9.43. The Morgan fingerprint density at radius 2 is 1.82 bits per heavy atom. The van der Waals surface area contributed by atoms with Crippen molar-refractivity contribution in [1.82, 2.24) is 9.21 Å². The third-order valence-electron chi connectivity index (χ3n) is 6.29. The van der Waals surface area contributed by atoms with Crippen LogP contribution in [0.4, 0.5) is 5.69 Å². The Labute approximate surface area is 163 Å². The van der Waals surface area contributed by atoms with Crippen molar-refractivity contribution in [3.63, 3.8) is 0 Å². The number of benzene rings is 1. The third kappa shape index (κ3) is 2.68. The first-order chi connectivity index (χ1) is 13.2. The quantitative estimate of drug-likeness (QED) is 0.792. The number of para-hydroxylation sites is 1. The minimum Gasteiger partial charge on any atom is -0.340 e. The van der Waals surface area contributed by atoms with Crippen molar-refractivity contribution in [2.45, 2.75) is 13.8 Å². The Bertz CT molecular complexity index is 968. The Kier molecular flexibility index (Phi) is 4.35. The lowest BCUT2D eigenvalue weighted by atomic mass is 9.92. The van der Waals surface area contributed by atoms with Crippen molar-refractivity contribution in [1.29, 1.82) is 0 Å². The monoisotopic (exact) mass is 405 g/mol. The highest BCUT2D eigenvalue weighted by molar-refractivity contribution is 7.89. The summed E-state index contributed by atoms with van der Waals surface area (Å²) in [6.45, 7) is 4.28. The average Bonchev–Trinajstić information content (AvgIpc) is 3.35. The number of Topliss-reactive ketones (excluding diaryl/α,β-unsaturated/α-hetero) is 1. The number of piperazine rings is 1. The van der Waals surface area contributed by atoms with Crippen LogP contribution in [0.2, 0.25) is 0 Å². The SMILES string of the molecule is CCS(=O)(=O)N1CCN(C(=O)[C@@H]2[C@@H]3C(=O)Nc4ccccc4C(=O)[C@]23C)CC1. The molecule has 2 fully saturated rings. The van der Waals surface area contributed by atoms with Gasteiger partial charge in [0.05, 0.1) is 28.7 Å². The first kappa shape index (κ1) is 19.1. The summed E-state index contributed by atoms with van der Waals surface area (Å²) in [7, 11) is -3.29. The van der Waals surface area contributed by atoms with E-state index in [4.69, 9.17) is 0 Å². The summed E-state index contributed by atoms with van der Waals surface area (Å²) in [6.07, 6.45) is 0. The number of carbonyl (C=O) groups excluding carboxylic acids is 3. The summed E-state index contributed by atoms with van der Waals surface area (Å²) >= 11 is 0. The zero-order chi connectivity index (χ0) is 20.3. The molecule has 3 aliphatic rings. The lowest BCUT2D eigenvalue weighted by molar-refractivity contribution is -0.135. The van der Waals surface area contributed by atoms with Gasteiger partial charge in [0, 0.05) is 31.7 Å². The fourth-order valence-corrected chi connectivity index (χ4v) is 5.56. The topological polar surface area (TPSA) is 104 Å². The fourth-order valence-electron chi connectivity index (χ4n) is 4.47. The number of rotatable bonds is 3. The molecule has 0 aromatic heterocycles. The molecular weight excluding hydrogens is 382 g/mol. The molecule has 1 aromatic carbocycles. The summed E-state index contributed by atoms with van der Waals surface area (Å²) in [5.41, 5.74) is -0.147. The maximum absolute atomic E-state index is 13.1. The van der Waals surface area contributed by atoms with Gasteiger partial charge in [-0.15, -0.1) is 0 Å². The van der Waals surface area contributed by atoms with Gasteiger partial charge in [0.15, 0.2) is 5.78 Å². The predicted molar refractivity (Wildman–Crippen MR) is 102 cm³/mol. The molecule has 2 heterocycles. The zero-order valence-electron chi connectivity index (χ0n) is 15.8. The molecule has 0 unspecified atom stereocenters. The Balaban J connectivity index is 1.54. The number of nitrogens with one attached hydrogen (secondary N) is 1. The van der Waals surface area contributed by atoms with E-state index in [1.165, 1.54) is 4.31 Å². The minimum absolute atomic E-state index is 0.0256. The van der Waals surface area contributed by atoms with E-state index in [0.717, 1.165) is 0 Å². The van der Waals surface area contributed by atoms with E-state index in [0.29, 0.717) is 11.3 Å². The smallest absolute Gasteiger partial charge is 0.229 e. The zero-order valence-corrected chi connectivity index (χ0v) is 16.7. The molecule has 28 heavy (non-hydrogen) atoms. The lowest BCUT2D eigenvalue weighted by Crippen LogP contribution is -2.51. The Morgan fingerprint density at radius 3 is 2.46 bits per heavy atom. The number of hydrogen-bond acceptors (Lipinski definition) is 5. The van der Waals surface area contributed by atoms with Gasteiger partial charge in [0.2, 0.25) is 21.8 Å². The van der Waals surface area contributed by atoms with Crippen molar-refractivity contribution in [3.8, 4) is 0 Å². The molecule has 2 aliphatic heterocycles. The predicted octanol–water partition coefficient (Wildman–Crippen LogP) is 0.568. The summed E-state index contributed by atoms with van der Waals surface area (Å²) in [4.78, 5) is 40.5. The van der Waals surface area contributed by atoms with Crippen LogP contribution < -0.4 is 5.32 Å². The number of anilines is 1. The van der Waals surface area contributed by atoms with E-state index in [1.807, 2.05) is 0 Å². The summed E-state index contributed by atoms with van der Waals surface area (Å²) in [5.74, 6) is -2.13. The molecule has 3 atom stereocenters. The molecule has 1 saturated heterocycles. The number of hydrogen-bond donors (Lipinski definition) is 1. The van der Waals surface area contributed by atoms with Gasteiger partial charge in [-0.1, -0.05) is 19.1 Å². The highest BCUT2D eigenvalue weighted by atomic mass is 32.2. The molecule has 0 bridgehead atoms. The van der Waals surface area contributed by atoms with Crippen LogP contribution in [-0.4, -0.2) is 67.2 Å². The van der Waals surface area contributed by atoms with Crippen LogP contribution in [0.3, 0.4) is 0 Å². The van der Waals surface area contributed by atoms with E-state index < -0.39 is 27.3 Å². The van der Waals surface area contributed by atoms with Gasteiger partial charge in [-0.2, -0.15) is 4.31 Å². The molecule has 1 aliphatic carbocycles. The van der Waals surface area contributed by atoms with Crippen LogP contribution in [0.25, 0.3) is 0 Å². The van der Waals surface area contributed by atoms with Crippen molar-refractivity contribution in [3.05, 3.63) is 29.8 Å². The number of ketones is 1. The Morgan fingerprint density at radius 1 is 1.18 bits per heavy atom. The molecular formula is C19H23N3O5S. The highest BCUT2D eigenvalue weighted by Gasteiger charge is 2.74. The third-order valence-corrected chi connectivity index (χ3v) is 8.17. The van der Waals surface area contributed by atoms with Crippen LogP contribution in [0.15, 0.2) is 24.3 Å². The van der Waals surface area contributed by atoms with Gasteiger partial charge in [-0.05, 0) is 19.1 Å². The van der Waals surface area contributed by atoms with Gasteiger partial charge >= 0.3 is 0 Å². The molecule has 1 aromatic rings. The van der Waals surface area contributed by atoms with Gasteiger partial charge in [-0.25, -0.2) is 8.42 Å². The van der Waals surface area contributed by atoms with Gasteiger partial charge in [0.25, 0.3) is 0 Å². The molecule has 0 radical (unpaired) electrons. The van der Waals surface area contributed by atoms with Gasteiger partial charge in [0.1, 0.15) is 0 Å². The number of sulfonamides is 1. The second kappa shape index (κ2) is 6.38. The lowest BCUT2D eigenvalue weighted by Gasteiger charge is -2.34. The average molecular weight is 405 g/mol. The molecule has 2 amide bonds. The standard InChI is InChI=1S/C19H23N3O5S/c1-3-28(26,27)22-10-8-21(9-11-22)18(25)15-14-17(24)20-13-7-5-4-6-12(13)16(23)19(14,15)2/h4-7,14-15H,3,8-11H2,1-2H3,(H,20,24)/t14-,15+,19+/m1/s1. The summed E-state index contributed by atoms with van der Waals surface area (Å²) in [5, 5.41) is 2.77. The van der Waals surface area contributed by atoms with Crippen molar-refractivity contribution >= 4 is 33.3 Å². The normalized spacial score (nSPS) is 30.1. The van der Waals surface area contributed by atoms with E-state index in [-0.39, 0.29) is 49.5 Å². The van der Waals surface area contributed by atoms with Crippen molar-refractivity contribution < 1.29 is 22.8 Å². The van der Waals surface area contributed by atoms with Crippen LogP contribution in [0.5, 0.6) is 0 Å². The second-order valence-electron chi connectivity index (χ2n) is 7.73. The van der Waals surface area contributed by atoms with E-state index in [9.17, 15) is 22.8 Å². The maximum atomic E-state index is 13.1. The van der Waals surface area contributed by atoms with Crippen molar-refractivity contribution in [2.24, 2.45) is 17.3 Å². The number of fused-ring (bicyclic) bond motifs is 2. The summed E-state index contributed by atoms with van der Waals surface area (Å²) < 4.78 is 25.4. The molecule has 8 nitrogen and oxygen atoms in total. The van der Waals surface area contributed by atoms with E-state index >= 15 is 0 Å². The molecule has 0 spiro atoms. The maximum Gasteiger partial charge on any atom is 0.229 e. The Hall–Kier alpha value is -2.26. The van der Waals surface area contributed by atoms with E-state index in [1.54, 1.807) is 43.0 Å². The van der Waals surface area contributed by atoms with Crippen LogP contribution >= 0.6 is 0 Å². The fraction of sp³-hybridized carbons (Fsp3) is 0.526. The second-order valence-corrected chi connectivity index (χ2v) is 9.98.